The van der Waals surface area contributed by atoms with Crippen LogP contribution in [0, 0.1) is 0 Å². The maximum atomic E-state index is 9.35. The van der Waals surface area contributed by atoms with Crippen LogP contribution in [-0.2, 0) is 0 Å². The van der Waals surface area contributed by atoms with Gasteiger partial charge in [-0.1, -0.05) is 13.3 Å². The molecule has 1 N–H and O–H groups in total. The molecule has 1 aromatic rings. The minimum Gasteiger partial charge on any atom is -0.387 e. The highest BCUT2D eigenvalue weighted by Crippen LogP contribution is 2.16. The van der Waals surface area contributed by atoms with Gasteiger partial charge >= 0.3 is 0 Å². The third-order valence-electron chi connectivity index (χ3n) is 1.35. The van der Waals surface area contributed by atoms with Crippen molar-refractivity contribution in [3.8, 4) is 0 Å². The van der Waals surface area contributed by atoms with Gasteiger partial charge in [-0.25, -0.2) is 4.98 Å². The van der Waals surface area contributed by atoms with E-state index in [4.69, 9.17) is 0 Å². The number of aliphatic hydroxyl groups is 1. The fourth-order valence-electron chi connectivity index (χ4n) is 0.808. The van der Waals surface area contributed by atoms with E-state index in [2.05, 4.69) is 11.9 Å². The van der Waals surface area contributed by atoms with Crippen LogP contribution in [-0.4, -0.2) is 10.1 Å². The van der Waals surface area contributed by atoms with Gasteiger partial charge in [-0.2, -0.15) is 0 Å². The first kappa shape index (κ1) is 7.69. The van der Waals surface area contributed by atoms with Gasteiger partial charge in [0.15, 0.2) is 0 Å². The molecule has 1 heterocycles. The van der Waals surface area contributed by atoms with Gasteiger partial charge in [-0.05, 0) is 6.42 Å². The number of nitrogens with zero attached hydrogens (tertiary/aromatic N) is 1. The quantitative estimate of drug-likeness (QED) is 0.727. The number of hydrogen-bond donors (Lipinski definition) is 1. The van der Waals surface area contributed by atoms with Gasteiger partial charge in [0.25, 0.3) is 0 Å². The predicted molar refractivity (Wildman–Crippen MR) is 42.0 cm³/mol. The third kappa shape index (κ3) is 1.78. The zero-order valence-electron chi connectivity index (χ0n) is 5.95. The molecule has 0 saturated heterocycles. The number of aliphatic hydroxyl groups excluding tert-OH is 1. The molecule has 3 heteroatoms. The van der Waals surface area contributed by atoms with Gasteiger partial charge < -0.3 is 5.11 Å². The molecule has 0 aromatic carbocycles. The molecular formula is C7H11NOS. The molecule has 0 aliphatic heterocycles. The molecule has 0 aliphatic rings. The summed E-state index contributed by atoms with van der Waals surface area (Å²) in [5.41, 5.74) is 2.56. The first-order chi connectivity index (χ1) is 4.84. The van der Waals surface area contributed by atoms with Crippen LogP contribution in [0.1, 0.15) is 31.6 Å². The van der Waals surface area contributed by atoms with Crippen LogP contribution in [0.25, 0.3) is 0 Å². The number of aromatic nitrogens is 1. The van der Waals surface area contributed by atoms with Crippen molar-refractivity contribution < 1.29 is 5.11 Å². The summed E-state index contributed by atoms with van der Waals surface area (Å²) in [5.74, 6) is 0. The molecule has 1 aromatic heterocycles. The predicted octanol–water partition coefficient (Wildman–Crippen LogP) is 1.98. The summed E-state index contributed by atoms with van der Waals surface area (Å²) in [5, 5.41) is 11.2. The molecule has 56 valence electrons. The van der Waals surface area contributed by atoms with Crippen LogP contribution >= 0.6 is 11.3 Å². The van der Waals surface area contributed by atoms with Crippen LogP contribution in [0.2, 0.25) is 0 Å². The molecule has 10 heavy (non-hydrogen) atoms. The molecule has 2 nitrogen and oxygen atoms in total. The van der Waals surface area contributed by atoms with E-state index in [1.807, 2.05) is 5.38 Å². The largest absolute Gasteiger partial charge is 0.387 e. The van der Waals surface area contributed by atoms with Crippen LogP contribution in [0.4, 0.5) is 0 Å². The standard InChI is InChI=1S/C7H11NOS/c1-2-3-7(9)6-4-10-5-8-6/h4-5,7,9H,2-3H2,1H3/t7-/m1/s1. The molecule has 0 aliphatic carbocycles. The van der Waals surface area contributed by atoms with E-state index in [1.165, 1.54) is 11.3 Å². The zero-order valence-corrected chi connectivity index (χ0v) is 6.77. The lowest BCUT2D eigenvalue weighted by molar-refractivity contribution is 0.162. The summed E-state index contributed by atoms with van der Waals surface area (Å²) in [4.78, 5) is 4.00. The number of rotatable bonds is 3. The Kier molecular flexibility index (Phi) is 2.83. The van der Waals surface area contributed by atoms with Gasteiger partial charge in [0.2, 0.25) is 0 Å². The molecular weight excluding hydrogens is 146 g/mol. The van der Waals surface area contributed by atoms with E-state index in [-0.39, 0.29) is 6.10 Å². The van der Waals surface area contributed by atoms with Crippen molar-refractivity contribution in [1.29, 1.82) is 0 Å². The van der Waals surface area contributed by atoms with Gasteiger partial charge in [0.1, 0.15) is 0 Å². The normalized spacial score (nSPS) is 13.4. The smallest absolute Gasteiger partial charge is 0.0968 e. The Morgan fingerprint density at radius 2 is 2.60 bits per heavy atom. The van der Waals surface area contributed by atoms with Gasteiger partial charge in [0, 0.05) is 5.38 Å². The lowest BCUT2D eigenvalue weighted by Gasteiger charge is -2.03. The minimum absolute atomic E-state index is 0.351. The van der Waals surface area contributed by atoms with Crippen molar-refractivity contribution in [1.82, 2.24) is 4.98 Å². The van der Waals surface area contributed by atoms with E-state index in [9.17, 15) is 5.11 Å². The Bertz CT molecular complexity index is 174. The van der Waals surface area contributed by atoms with E-state index in [1.54, 1.807) is 5.51 Å². The molecule has 0 unspecified atom stereocenters. The Morgan fingerprint density at radius 3 is 3.10 bits per heavy atom. The Hall–Kier alpha value is -0.410. The van der Waals surface area contributed by atoms with Crippen molar-refractivity contribution in [2.45, 2.75) is 25.9 Å². The summed E-state index contributed by atoms with van der Waals surface area (Å²) in [6, 6.07) is 0. The maximum absolute atomic E-state index is 9.35. The van der Waals surface area contributed by atoms with E-state index in [0.29, 0.717) is 0 Å². The molecule has 0 fully saturated rings. The molecule has 0 bridgehead atoms. The van der Waals surface area contributed by atoms with Gasteiger partial charge in [-0.15, -0.1) is 11.3 Å². The average Bonchev–Trinajstić information content (AvgIpc) is 2.38. The SMILES string of the molecule is CCC[C@@H](O)c1cscn1. The lowest BCUT2D eigenvalue weighted by atomic mass is 10.2. The first-order valence-electron chi connectivity index (χ1n) is 3.40. The van der Waals surface area contributed by atoms with Crippen molar-refractivity contribution in [3.05, 3.63) is 16.6 Å². The molecule has 1 rings (SSSR count). The van der Waals surface area contributed by atoms with E-state index in [0.717, 1.165) is 18.5 Å². The highest BCUT2D eigenvalue weighted by Gasteiger charge is 2.06. The van der Waals surface area contributed by atoms with E-state index < -0.39 is 0 Å². The fourth-order valence-corrected chi connectivity index (χ4v) is 1.41. The first-order valence-corrected chi connectivity index (χ1v) is 4.35. The molecule has 1 atom stereocenters. The highest BCUT2D eigenvalue weighted by molar-refractivity contribution is 7.07. The summed E-state index contributed by atoms with van der Waals surface area (Å²) in [6.07, 6.45) is 1.46. The summed E-state index contributed by atoms with van der Waals surface area (Å²) in [7, 11) is 0. The second-order valence-electron chi connectivity index (χ2n) is 2.22. The van der Waals surface area contributed by atoms with Gasteiger partial charge in [-0.3, -0.25) is 0 Å². The monoisotopic (exact) mass is 157 g/mol. The number of hydrogen-bond acceptors (Lipinski definition) is 3. The zero-order chi connectivity index (χ0) is 7.40. The summed E-state index contributed by atoms with van der Waals surface area (Å²) in [6.45, 7) is 2.05. The second kappa shape index (κ2) is 3.68. The van der Waals surface area contributed by atoms with Crippen LogP contribution in [0.15, 0.2) is 10.9 Å². The second-order valence-corrected chi connectivity index (χ2v) is 2.94. The average molecular weight is 157 g/mol. The topological polar surface area (TPSA) is 33.1 Å². The van der Waals surface area contributed by atoms with Crippen molar-refractivity contribution in [3.63, 3.8) is 0 Å². The molecule has 0 saturated carbocycles. The van der Waals surface area contributed by atoms with Gasteiger partial charge in [0.05, 0.1) is 17.3 Å². The summed E-state index contributed by atoms with van der Waals surface area (Å²) >= 11 is 1.52. The Balaban J connectivity index is 2.50. The Morgan fingerprint density at radius 1 is 1.80 bits per heavy atom. The lowest BCUT2D eigenvalue weighted by Crippen LogP contribution is -1.95. The number of thiazole rings is 1. The molecule has 0 radical (unpaired) electrons. The van der Waals surface area contributed by atoms with Crippen LogP contribution in [0.5, 0.6) is 0 Å². The van der Waals surface area contributed by atoms with Crippen molar-refractivity contribution in [2.75, 3.05) is 0 Å². The fraction of sp³-hybridized carbons (Fsp3) is 0.571. The maximum Gasteiger partial charge on any atom is 0.0968 e. The van der Waals surface area contributed by atoms with Crippen LogP contribution in [0.3, 0.4) is 0 Å². The third-order valence-corrected chi connectivity index (χ3v) is 1.96. The van der Waals surface area contributed by atoms with Crippen molar-refractivity contribution >= 4 is 11.3 Å². The Labute approximate surface area is 64.5 Å². The molecule has 0 spiro atoms. The molecule has 0 amide bonds. The van der Waals surface area contributed by atoms with Crippen LogP contribution < -0.4 is 0 Å². The summed E-state index contributed by atoms with van der Waals surface area (Å²) < 4.78 is 0. The minimum atomic E-state index is -0.351. The highest BCUT2D eigenvalue weighted by atomic mass is 32.1. The van der Waals surface area contributed by atoms with E-state index >= 15 is 0 Å². The van der Waals surface area contributed by atoms with Crippen molar-refractivity contribution in [2.24, 2.45) is 0 Å².